The van der Waals surface area contributed by atoms with Crippen LogP contribution in [0.25, 0.3) is 0 Å². The summed E-state index contributed by atoms with van der Waals surface area (Å²) in [6.07, 6.45) is 4.61. The zero-order valence-electron chi connectivity index (χ0n) is 20.5. The van der Waals surface area contributed by atoms with E-state index < -0.39 is 5.97 Å². The molecular formula is C28H35N3O5. The molecule has 8 nitrogen and oxygen atoms in total. The van der Waals surface area contributed by atoms with Crippen molar-refractivity contribution < 1.29 is 24.2 Å². The first-order valence-electron chi connectivity index (χ1n) is 12.8. The number of ether oxygens (including phenoxy) is 1. The number of hydrogen-bond acceptors (Lipinski definition) is 4. The molecule has 0 aromatic heterocycles. The lowest BCUT2D eigenvalue weighted by Crippen LogP contribution is -2.46. The van der Waals surface area contributed by atoms with Crippen LogP contribution in [0.2, 0.25) is 0 Å². The second-order valence-electron chi connectivity index (χ2n) is 9.61. The highest BCUT2D eigenvalue weighted by molar-refractivity contribution is 5.94. The quantitative estimate of drug-likeness (QED) is 0.481. The second kappa shape index (κ2) is 12.4. The molecule has 1 saturated carbocycles. The van der Waals surface area contributed by atoms with Crippen LogP contribution in [0.4, 0.5) is 4.79 Å². The van der Waals surface area contributed by atoms with Crippen molar-refractivity contribution in [3.05, 3.63) is 65.7 Å². The van der Waals surface area contributed by atoms with Crippen LogP contribution in [0, 0.1) is 5.92 Å². The Morgan fingerprint density at radius 2 is 1.47 bits per heavy atom. The SMILES string of the molecule is O=C(NCCNC(=O)N1CCC(c2ccccc2)CC1)c1ccc(OC2CCC(C(=O)O)CC2)cc1. The summed E-state index contributed by atoms with van der Waals surface area (Å²) in [7, 11) is 0. The molecule has 2 aromatic rings. The minimum absolute atomic E-state index is 0.00742. The van der Waals surface area contributed by atoms with Crippen molar-refractivity contribution >= 4 is 17.9 Å². The van der Waals surface area contributed by atoms with Gasteiger partial charge < -0.3 is 25.4 Å². The maximum atomic E-state index is 12.5. The number of rotatable bonds is 8. The Balaban J connectivity index is 1.12. The van der Waals surface area contributed by atoms with Gasteiger partial charge in [0, 0.05) is 31.7 Å². The average molecular weight is 494 g/mol. The number of carbonyl (C=O) groups excluding carboxylic acids is 2. The number of benzene rings is 2. The lowest BCUT2D eigenvalue weighted by atomic mass is 9.87. The minimum Gasteiger partial charge on any atom is -0.490 e. The van der Waals surface area contributed by atoms with Gasteiger partial charge in [0.25, 0.3) is 5.91 Å². The molecule has 192 valence electrons. The molecule has 4 rings (SSSR count). The third-order valence-electron chi connectivity index (χ3n) is 7.18. The molecule has 2 aromatic carbocycles. The molecule has 0 spiro atoms. The highest BCUT2D eigenvalue weighted by Gasteiger charge is 2.27. The number of urea groups is 1. The van der Waals surface area contributed by atoms with E-state index in [1.807, 2.05) is 11.0 Å². The normalized spacial score (nSPS) is 20.4. The summed E-state index contributed by atoms with van der Waals surface area (Å²) in [5.74, 6) is -0.0345. The first kappa shape index (κ1) is 25.5. The summed E-state index contributed by atoms with van der Waals surface area (Å²) in [6, 6.07) is 17.3. The zero-order valence-corrected chi connectivity index (χ0v) is 20.5. The summed E-state index contributed by atoms with van der Waals surface area (Å²) < 4.78 is 5.96. The Labute approximate surface area is 212 Å². The number of amides is 3. The topological polar surface area (TPSA) is 108 Å². The van der Waals surface area contributed by atoms with Crippen LogP contribution in [0.5, 0.6) is 5.75 Å². The number of nitrogens with zero attached hydrogens (tertiary/aromatic N) is 1. The van der Waals surface area contributed by atoms with E-state index >= 15 is 0 Å². The Morgan fingerprint density at radius 1 is 0.833 bits per heavy atom. The predicted molar refractivity (Wildman–Crippen MR) is 136 cm³/mol. The number of piperidine rings is 1. The molecule has 36 heavy (non-hydrogen) atoms. The fourth-order valence-electron chi connectivity index (χ4n) is 5.01. The van der Waals surface area contributed by atoms with Crippen molar-refractivity contribution in [3.63, 3.8) is 0 Å². The summed E-state index contributed by atoms with van der Waals surface area (Å²) in [5, 5.41) is 14.8. The molecular weight excluding hydrogens is 458 g/mol. The molecule has 2 aliphatic rings. The average Bonchev–Trinajstić information content (AvgIpc) is 2.92. The van der Waals surface area contributed by atoms with Gasteiger partial charge in [-0.05, 0) is 74.3 Å². The monoisotopic (exact) mass is 493 g/mol. The van der Waals surface area contributed by atoms with Crippen molar-refractivity contribution in [2.75, 3.05) is 26.2 Å². The molecule has 3 N–H and O–H groups in total. The van der Waals surface area contributed by atoms with Crippen molar-refractivity contribution in [1.29, 1.82) is 0 Å². The predicted octanol–water partition coefficient (Wildman–Crippen LogP) is 4.03. The van der Waals surface area contributed by atoms with E-state index in [2.05, 4.69) is 34.9 Å². The molecule has 0 atom stereocenters. The molecule has 0 bridgehead atoms. The van der Waals surface area contributed by atoms with Crippen molar-refractivity contribution in [3.8, 4) is 5.75 Å². The Bertz CT molecular complexity index is 1010. The largest absolute Gasteiger partial charge is 0.490 e. The summed E-state index contributed by atoms with van der Waals surface area (Å²) >= 11 is 0. The molecule has 1 saturated heterocycles. The van der Waals surface area contributed by atoms with Crippen molar-refractivity contribution in [2.45, 2.75) is 50.5 Å². The van der Waals surface area contributed by atoms with Crippen LogP contribution in [0.15, 0.2) is 54.6 Å². The Kier molecular flexibility index (Phi) is 8.81. The van der Waals surface area contributed by atoms with Gasteiger partial charge >= 0.3 is 12.0 Å². The van der Waals surface area contributed by atoms with E-state index in [1.54, 1.807) is 24.3 Å². The highest BCUT2D eigenvalue weighted by atomic mass is 16.5. The van der Waals surface area contributed by atoms with Crippen molar-refractivity contribution in [2.24, 2.45) is 5.92 Å². The van der Waals surface area contributed by atoms with E-state index in [4.69, 9.17) is 9.84 Å². The number of hydrogen-bond donors (Lipinski definition) is 3. The molecule has 0 radical (unpaired) electrons. The zero-order chi connectivity index (χ0) is 25.3. The fourth-order valence-corrected chi connectivity index (χ4v) is 5.01. The first-order chi connectivity index (χ1) is 17.5. The molecule has 1 aliphatic carbocycles. The van der Waals surface area contributed by atoms with Crippen LogP contribution < -0.4 is 15.4 Å². The van der Waals surface area contributed by atoms with Crippen molar-refractivity contribution in [1.82, 2.24) is 15.5 Å². The number of likely N-dealkylation sites (tertiary alicyclic amines) is 1. The summed E-state index contributed by atoms with van der Waals surface area (Å²) in [4.78, 5) is 37.8. The van der Waals surface area contributed by atoms with E-state index in [1.165, 1.54) is 5.56 Å². The molecule has 1 aliphatic heterocycles. The van der Waals surface area contributed by atoms with Gasteiger partial charge in [-0.2, -0.15) is 0 Å². The van der Waals surface area contributed by atoms with E-state index in [-0.39, 0.29) is 24.0 Å². The summed E-state index contributed by atoms with van der Waals surface area (Å²) in [5.41, 5.74) is 1.86. The molecule has 0 unspecified atom stereocenters. The van der Waals surface area contributed by atoms with Gasteiger partial charge in [-0.1, -0.05) is 30.3 Å². The number of nitrogens with one attached hydrogen (secondary N) is 2. The van der Waals surface area contributed by atoms with Crippen LogP contribution in [0.1, 0.15) is 60.4 Å². The van der Waals surface area contributed by atoms with Gasteiger partial charge in [-0.25, -0.2) is 4.79 Å². The molecule has 2 fully saturated rings. The first-order valence-corrected chi connectivity index (χ1v) is 12.8. The number of carbonyl (C=O) groups is 3. The number of carboxylic acids is 1. The number of aliphatic carboxylic acids is 1. The summed E-state index contributed by atoms with van der Waals surface area (Å²) in [6.45, 7) is 2.17. The van der Waals surface area contributed by atoms with E-state index in [9.17, 15) is 14.4 Å². The van der Waals surface area contributed by atoms with Gasteiger partial charge in [0.05, 0.1) is 12.0 Å². The third-order valence-corrected chi connectivity index (χ3v) is 7.18. The standard InChI is InChI=1S/C28H35N3O5/c32-26(22-6-10-24(11-7-22)36-25-12-8-23(9-13-25)27(33)34)29-16-17-30-28(35)31-18-14-21(15-19-31)20-4-2-1-3-5-20/h1-7,10-11,21,23,25H,8-9,12-19H2,(H,29,32)(H,30,35)(H,33,34). The maximum absolute atomic E-state index is 12.5. The Hall–Kier alpha value is -3.55. The van der Waals surface area contributed by atoms with Crippen LogP contribution in [0.3, 0.4) is 0 Å². The highest BCUT2D eigenvalue weighted by Crippen LogP contribution is 2.29. The number of carboxylic acid groups (broad SMARTS) is 1. The smallest absolute Gasteiger partial charge is 0.317 e. The van der Waals surface area contributed by atoms with Crippen LogP contribution in [-0.2, 0) is 4.79 Å². The van der Waals surface area contributed by atoms with Gasteiger partial charge in [0.1, 0.15) is 5.75 Å². The van der Waals surface area contributed by atoms with Crippen LogP contribution >= 0.6 is 0 Å². The van der Waals surface area contributed by atoms with Crippen LogP contribution in [-0.4, -0.2) is 60.2 Å². The molecule has 1 heterocycles. The van der Waals surface area contributed by atoms with E-state index in [0.717, 1.165) is 38.8 Å². The van der Waals surface area contributed by atoms with Gasteiger partial charge in [0.15, 0.2) is 0 Å². The Morgan fingerprint density at radius 3 is 2.11 bits per heavy atom. The van der Waals surface area contributed by atoms with Gasteiger partial charge in [-0.3, -0.25) is 9.59 Å². The fraction of sp³-hybridized carbons (Fsp3) is 0.464. The lowest BCUT2D eigenvalue weighted by molar-refractivity contribution is -0.143. The molecule has 8 heteroatoms. The lowest BCUT2D eigenvalue weighted by Gasteiger charge is -2.32. The third kappa shape index (κ3) is 6.99. The molecule has 3 amide bonds. The van der Waals surface area contributed by atoms with E-state index in [0.29, 0.717) is 43.2 Å². The maximum Gasteiger partial charge on any atom is 0.317 e. The second-order valence-corrected chi connectivity index (χ2v) is 9.61. The van der Waals surface area contributed by atoms with Gasteiger partial charge in [0.2, 0.25) is 0 Å². The minimum atomic E-state index is -0.730. The van der Waals surface area contributed by atoms with Gasteiger partial charge in [-0.15, -0.1) is 0 Å².